The van der Waals surface area contributed by atoms with Crippen molar-refractivity contribution in [3.8, 4) is 5.75 Å². The summed E-state index contributed by atoms with van der Waals surface area (Å²) in [7, 11) is 0. The van der Waals surface area contributed by atoms with Crippen LogP contribution in [0.15, 0.2) is 54.6 Å². The van der Waals surface area contributed by atoms with Crippen molar-refractivity contribution in [2.24, 2.45) is 0 Å². The van der Waals surface area contributed by atoms with Crippen LogP contribution in [0.25, 0.3) is 0 Å². The molecule has 0 heterocycles. The number of hydrogen-bond donors (Lipinski definition) is 1. The van der Waals surface area contributed by atoms with Gasteiger partial charge in [0.2, 0.25) is 0 Å². The number of nitrogens with one attached hydrogen (secondary N) is 1. The first kappa shape index (κ1) is 14.1. The average molecular weight is 269 g/mol. The van der Waals surface area contributed by atoms with Crippen LogP contribution < -0.4 is 10.1 Å². The van der Waals surface area contributed by atoms with Crippen LogP contribution >= 0.6 is 0 Å². The molecule has 3 heteroatoms. The van der Waals surface area contributed by atoms with E-state index >= 15 is 0 Å². The zero-order valence-electron chi connectivity index (χ0n) is 11.6. The predicted octanol–water partition coefficient (Wildman–Crippen LogP) is 3.41. The molecule has 1 N–H and O–H groups in total. The zero-order chi connectivity index (χ0) is 14.2. The van der Waals surface area contributed by atoms with E-state index in [2.05, 4.69) is 12.2 Å². The first-order valence-corrected chi connectivity index (χ1v) is 6.84. The number of benzene rings is 2. The molecule has 0 aliphatic carbocycles. The molecule has 0 spiro atoms. The van der Waals surface area contributed by atoms with Crippen molar-refractivity contribution in [2.45, 2.75) is 19.9 Å². The highest BCUT2D eigenvalue weighted by atomic mass is 16.5. The van der Waals surface area contributed by atoms with Crippen LogP contribution in [0.3, 0.4) is 0 Å². The second kappa shape index (κ2) is 7.34. The predicted molar refractivity (Wildman–Crippen MR) is 79.8 cm³/mol. The van der Waals surface area contributed by atoms with E-state index < -0.39 is 0 Å². The van der Waals surface area contributed by atoms with E-state index in [1.165, 1.54) is 0 Å². The van der Waals surface area contributed by atoms with Crippen LogP contribution in [-0.2, 0) is 6.54 Å². The fourth-order valence-electron chi connectivity index (χ4n) is 1.80. The Balaban J connectivity index is 1.89. The van der Waals surface area contributed by atoms with Gasteiger partial charge in [0.25, 0.3) is 5.91 Å². The molecule has 0 bridgehead atoms. The summed E-state index contributed by atoms with van der Waals surface area (Å²) in [5, 5.41) is 2.90. The Bertz CT molecular complexity index is 535. The van der Waals surface area contributed by atoms with E-state index in [9.17, 15) is 4.79 Å². The summed E-state index contributed by atoms with van der Waals surface area (Å²) in [6.07, 6.45) is 0.972. The van der Waals surface area contributed by atoms with Gasteiger partial charge < -0.3 is 10.1 Å². The van der Waals surface area contributed by atoms with E-state index in [4.69, 9.17) is 4.74 Å². The molecule has 0 aliphatic rings. The minimum Gasteiger partial charge on any atom is -0.494 e. The molecule has 0 aliphatic heterocycles. The smallest absolute Gasteiger partial charge is 0.251 e. The molecule has 2 aromatic rings. The molecule has 0 aromatic heterocycles. The third-order valence-corrected chi connectivity index (χ3v) is 2.89. The van der Waals surface area contributed by atoms with Gasteiger partial charge in [-0.05, 0) is 36.2 Å². The molecular weight excluding hydrogens is 250 g/mol. The molecule has 1 amide bonds. The molecule has 3 nitrogen and oxygen atoms in total. The van der Waals surface area contributed by atoms with Crippen LogP contribution in [-0.4, -0.2) is 12.5 Å². The maximum absolute atomic E-state index is 12.0. The summed E-state index contributed by atoms with van der Waals surface area (Å²) < 4.78 is 5.49. The summed E-state index contributed by atoms with van der Waals surface area (Å²) in [6.45, 7) is 3.29. The Morgan fingerprint density at radius 3 is 2.40 bits per heavy atom. The zero-order valence-corrected chi connectivity index (χ0v) is 11.6. The maximum Gasteiger partial charge on any atom is 0.251 e. The summed E-state index contributed by atoms with van der Waals surface area (Å²) in [6, 6.07) is 17.1. The van der Waals surface area contributed by atoms with E-state index in [-0.39, 0.29) is 5.91 Å². The molecule has 20 heavy (non-hydrogen) atoms. The Labute approximate surface area is 119 Å². The number of carbonyl (C=O) groups is 1. The molecule has 104 valence electrons. The number of carbonyl (C=O) groups excluding carboxylic acids is 1. The van der Waals surface area contributed by atoms with E-state index in [0.29, 0.717) is 18.7 Å². The van der Waals surface area contributed by atoms with E-state index in [1.54, 1.807) is 12.1 Å². The van der Waals surface area contributed by atoms with Crippen molar-refractivity contribution in [3.05, 3.63) is 65.7 Å². The van der Waals surface area contributed by atoms with Gasteiger partial charge in [-0.2, -0.15) is 0 Å². The van der Waals surface area contributed by atoms with Crippen LogP contribution in [0.1, 0.15) is 29.3 Å². The van der Waals surface area contributed by atoms with Crippen LogP contribution in [0, 0.1) is 0 Å². The fraction of sp³-hybridized carbons (Fsp3) is 0.235. The second-order valence-corrected chi connectivity index (χ2v) is 4.54. The van der Waals surface area contributed by atoms with Crippen LogP contribution in [0.2, 0.25) is 0 Å². The van der Waals surface area contributed by atoms with Crippen molar-refractivity contribution in [1.82, 2.24) is 5.32 Å². The number of rotatable bonds is 6. The summed E-state index contributed by atoms with van der Waals surface area (Å²) in [4.78, 5) is 12.0. The lowest BCUT2D eigenvalue weighted by atomic mass is 10.2. The van der Waals surface area contributed by atoms with Gasteiger partial charge in [-0.25, -0.2) is 0 Å². The lowest BCUT2D eigenvalue weighted by Gasteiger charge is -2.07. The number of amides is 1. The Hall–Kier alpha value is -2.29. The van der Waals surface area contributed by atoms with Crippen molar-refractivity contribution >= 4 is 5.91 Å². The van der Waals surface area contributed by atoms with Crippen molar-refractivity contribution in [1.29, 1.82) is 0 Å². The average Bonchev–Trinajstić information content (AvgIpc) is 2.52. The summed E-state index contributed by atoms with van der Waals surface area (Å²) in [5.74, 6) is 0.724. The van der Waals surface area contributed by atoms with Gasteiger partial charge in [-0.3, -0.25) is 4.79 Å². The highest BCUT2D eigenvalue weighted by Crippen LogP contribution is 2.12. The standard InChI is InChI=1S/C17H19NO2/c1-2-12-20-16-10-8-15(9-11-16)17(19)18-13-14-6-4-3-5-7-14/h3-11H,2,12-13H2,1H3,(H,18,19). The lowest BCUT2D eigenvalue weighted by molar-refractivity contribution is 0.0951. The van der Waals surface area contributed by atoms with E-state index in [0.717, 1.165) is 17.7 Å². The molecule has 0 radical (unpaired) electrons. The molecule has 0 fully saturated rings. The first-order valence-electron chi connectivity index (χ1n) is 6.84. The highest BCUT2D eigenvalue weighted by Gasteiger charge is 2.05. The molecule has 0 saturated carbocycles. The molecule has 0 saturated heterocycles. The maximum atomic E-state index is 12.0. The quantitative estimate of drug-likeness (QED) is 0.872. The first-order chi connectivity index (χ1) is 9.79. The number of ether oxygens (including phenoxy) is 1. The van der Waals surface area contributed by atoms with Gasteiger partial charge in [-0.15, -0.1) is 0 Å². The van der Waals surface area contributed by atoms with Gasteiger partial charge in [0.05, 0.1) is 6.61 Å². The third-order valence-electron chi connectivity index (χ3n) is 2.89. The Morgan fingerprint density at radius 2 is 1.75 bits per heavy atom. The van der Waals surface area contributed by atoms with Gasteiger partial charge in [0.1, 0.15) is 5.75 Å². The molecule has 2 rings (SSSR count). The largest absolute Gasteiger partial charge is 0.494 e. The Morgan fingerprint density at radius 1 is 1.05 bits per heavy atom. The van der Waals surface area contributed by atoms with Gasteiger partial charge in [-0.1, -0.05) is 37.3 Å². The van der Waals surface area contributed by atoms with Crippen molar-refractivity contribution in [3.63, 3.8) is 0 Å². The molecule has 0 atom stereocenters. The topological polar surface area (TPSA) is 38.3 Å². The summed E-state index contributed by atoms with van der Waals surface area (Å²) in [5.41, 5.74) is 1.73. The molecule has 0 unspecified atom stereocenters. The SMILES string of the molecule is CCCOc1ccc(C(=O)NCc2ccccc2)cc1. The fourth-order valence-corrected chi connectivity index (χ4v) is 1.80. The number of hydrogen-bond acceptors (Lipinski definition) is 2. The molecular formula is C17H19NO2. The van der Waals surface area contributed by atoms with Gasteiger partial charge >= 0.3 is 0 Å². The minimum absolute atomic E-state index is 0.0732. The van der Waals surface area contributed by atoms with Gasteiger partial charge in [0.15, 0.2) is 0 Å². The van der Waals surface area contributed by atoms with Crippen molar-refractivity contribution < 1.29 is 9.53 Å². The third kappa shape index (κ3) is 4.12. The van der Waals surface area contributed by atoms with E-state index in [1.807, 2.05) is 42.5 Å². The second-order valence-electron chi connectivity index (χ2n) is 4.54. The summed E-state index contributed by atoms with van der Waals surface area (Å²) >= 11 is 0. The van der Waals surface area contributed by atoms with Crippen LogP contribution in [0.5, 0.6) is 5.75 Å². The van der Waals surface area contributed by atoms with Crippen molar-refractivity contribution in [2.75, 3.05) is 6.61 Å². The normalized spacial score (nSPS) is 10.1. The molecule has 2 aromatic carbocycles. The van der Waals surface area contributed by atoms with Crippen LogP contribution in [0.4, 0.5) is 0 Å². The highest BCUT2D eigenvalue weighted by molar-refractivity contribution is 5.94. The van der Waals surface area contributed by atoms with Gasteiger partial charge in [0, 0.05) is 12.1 Å². The minimum atomic E-state index is -0.0732. The Kier molecular flexibility index (Phi) is 5.18. The lowest BCUT2D eigenvalue weighted by Crippen LogP contribution is -2.22. The monoisotopic (exact) mass is 269 g/mol.